The van der Waals surface area contributed by atoms with E-state index in [1.165, 1.54) is 15.8 Å². The Bertz CT molecular complexity index is 626. The fraction of sp³-hybridized carbons (Fsp3) is 0.154. The third-order valence-electron chi connectivity index (χ3n) is 2.68. The molecule has 2 nitrogen and oxygen atoms in total. The average molecular weight is 260 g/mol. The van der Waals surface area contributed by atoms with Crippen molar-refractivity contribution in [1.82, 2.24) is 10.3 Å². The maximum atomic E-state index is 4.77. The van der Waals surface area contributed by atoms with Gasteiger partial charge in [-0.15, -0.1) is 11.3 Å². The van der Waals surface area contributed by atoms with Crippen molar-refractivity contribution >= 4 is 32.9 Å². The van der Waals surface area contributed by atoms with Crippen molar-refractivity contribution in [2.75, 3.05) is 7.05 Å². The third kappa shape index (κ3) is 1.99. The standard InChI is InChI=1S/C13H12N2S2/c1-14-7-10-6-12-11(3-5-17-12)15-13(10)9-2-4-16-8-9/h2-6,8,14H,7H2,1H3. The highest BCUT2D eigenvalue weighted by Crippen LogP contribution is 2.29. The summed E-state index contributed by atoms with van der Waals surface area (Å²) in [5, 5.41) is 9.55. The summed E-state index contributed by atoms with van der Waals surface area (Å²) in [6.07, 6.45) is 0. The highest BCUT2D eigenvalue weighted by atomic mass is 32.1. The first kappa shape index (κ1) is 10.9. The third-order valence-corrected chi connectivity index (χ3v) is 4.21. The summed E-state index contributed by atoms with van der Waals surface area (Å²) in [6, 6.07) is 6.46. The van der Waals surface area contributed by atoms with E-state index in [1.54, 1.807) is 22.7 Å². The van der Waals surface area contributed by atoms with Crippen molar-refractivity contribution in [3.63, 3.8) is 0 Å². The van der Waals surface area contributed by atoms with E-state index in [0.717, 1.165) is 17.8 Å². The topological polar surface area (TPSA) is 24.9 Å². The van der Waals surface area contributed by atoms with Crippen molar-refractivity contribution in [3.05, 3.63) is 39.9 Å². The molecule has 0 saturated heterocycles. The van der Waals surface area contributed by atoms with Gasteiger partial charge in [-0.3, -0.25) is 0 Å². The number of hydrogen-bond acceptors (Lipinski definition) is 4. The van der Waals surface area contributed by atoms with Crippen LogP contribution in [-0.4, -0.2) is 12.0 Å². The first-order chi connectivity index (χ1) is 8.38. The second-order valence-corrected chi connectivity index (χ2v) is 5.57. The summed E-state index contributed by atoms with van der Waals surface area (Å²) in [4.78, 5) is 4.77. The van der Waals surface area contributed by atoms with Gasteiger partial charge >= 0.3 is 0 Å². The lowest BCUT2D eigenvalue weighted by molar-refractivity contribution is 0.817. The molecule has 0 radical (unpaired) electrons. The smallest absolute Gasteiger partial charge is 0.0817 e. The van der Waals surface area contributed by atoms with Crippen molar-refractivity contribution in [3.8, 4) is 11.3 Å². The van der Waals surface area contributed by atoms with Crippen LogP contribution in [0.1, 0.15) is 5.56 Å². The number of hydrogen-bond donors (Lipinski definition) is 1. The molecule has 0 bridgehead atoms. The van der Waals surface area contributed by atoms with Gasteiger partial charge in [0, 0.05) is 17.5 Å². The zero-order chi connectivity index (χ0) is 11.7. The molecule has 0 fully saturated rings. The van der Waals surface area contributed by atoms with E-state index in [9.17, 15) is 0 Å². The first-order valence-corrected chi connectivity index (χ1v) is 7.25. The van der Waals surface area contributed by atoms with Crippen LogP contribution >= 0.6 is 22.7 Å². The molecule has 3 rings (SSSR count). The minimum atomic E-state index is 0.853. The Labute approximate surface area is 108 Å². The molecular formula is C13H12N2S2. The molecule has 0 aliphatic rings. The normalized spacial score (nSPS) is 11.1. The number of nitrogens with zero attached hydrogens (tertiary/aromatic N) is 1. The van der Waals surface area contributed by atoms with Gasteiger partial charge in [-0.2, -0.15) is 11.3 Å². The first-order valence-electron chi connectivity index (χ1n) is 5.43. The number of rotatable bonds is 3. The van der Waals surface area contributed by atoms with E-state index < -0.39 is 0 Å². The van der Waals surface area contributed by atoms with Crippen LogP contribution < -0.4 is 5.32 Å². The second-order valence-electron chi connectivity index (χ2n) is 3.84. The van der Waals surface area contributed by atoms with E-state index in [0.29, 0.717) is 0 Å². The van der Waals surface area contributed by atoms with E-state index >= 15 is 0 Å². The number of thiophene rings is 2. The van der Waals surface area contributed by atoms with Crippen LogP contribution in [0, 0.1) is 0 Å². The Morgan fingerprint density at radius 2 is 2.24 bits per heavy atom. The minimum absolute atomic E-state index is 0.853. The van der Waals surface area contributed by atoms with Gasteiger partial charge in [-0.05, 0) is 41.6 Å². The number of fused-ring (bicyclic) bond motifs is 1. The molecule has 3 heterocycles. The van der Waals surface area contributed by atoms with Gasteiger partial charge in [0.2, 0.25) is 0 Å². The summed E-state index contributed by atoms with van der Waals surface area (Å²) >= 11 is 3.46. The zero-order valence-electron chi connectivity index (χ0n) is 9.43. The van der Waals surface area contributed by atoms with Gasteiger partial charge in [0.25, 0.3) is 0 Å². The molecule has 0 atom stereocenters. The Morgan fingerprint density at radius 3 is 3.00 bits per heavy atom. The SMILES string of the molecule is CNCc1cc2sccc2nc1-c1ccsc1. The highest BCUT2D eigenvalue weighted by molar-refractivity contribution is 7.17. The summed E-state index contributed by atoms with van der Waals surface area (Å²) in [6.45, 7) is 0.853. The summed E-state index contributed by atoms with van der Waals surface area (Å²) < 4.78 is 1.26. The zero-order valence-corrected chi connectivity index (χ0v) is 11.1. The molecule has 0 spiro atoms. The minimum Gasteiger partial charge on any atom is -0.316 e. The molecule has 0 aromatic carbocycles. The maximum Gasteiger partial charge on any atom is 0.0817 e. The van der Waals surface area contributed by atoms with Gasteiger partial charge in [0.1, 0.15) is 0 Å². The Kier molecular flexibility index (Phi) is 2.93. The lowest BCUT2D eigenvalue weighted by Gasteiger charge is -2.07. The fourth-order valence-electron chi connectivity index (χ4n) is 1.91. The summed E-state index contributed by atoms with van der Waals surface area (Å²) in [7, 11) is 1.97. The van der Waals surface area contributed by atoms with Crippen molar-refractivity contribution < 1.29 is 0 Å². The van der Waals surface area contributed by atoms with Crippen LogP contribution in [0.2, 0.25) is 0 Å². The second kappa shape index (κ2) is 4.56. The van der Waals surface area contributed by atoms with Crippen LogP contribution in [0.5, 0.6) is 0 Å². The fourth-order valence-corrected chi connectivity index (χ4v) is 3.34. The van der Waals surface area contributed by atoms with Crippen molar-refractivity contribution in [2.24, 2.45) is 0 Å². The molecular weight excluding hydrogens is 248 g/mol. The predicted molar refractivity (Wildman–Crippen MR) is 75.7 cm³/mol. The van der Waals surface area contributed by atoms with E-state index in [-0.39, 0.29) is 0 Å². The van der Waals surface area contributed by atoms with Crippen molar-refractivity contribution in [2.45, 2.75) is 6.54 Å². The molecule has 86 valence electrons. The molecule has 0 aliphatic carbocycles. The summed E-state index contributed by atoms with van der Waals surface area (Å²) in [5.41, 5.74) is 4.68. The molecule has 0 unspecified atom stereocenters. The van der Waals surface area contributed by atoms with Gasteiger partial charge in [-0.25, -0.2) is 4.98 Å². The molecule has 1 N–H and O–H groups in total. The molecule has 0 amide bonds. The Morgan fingerprint density at radius 1 is 1.29 bits per heavy atom. The van der Waals surface area contributed by atoms with E-state index in [2.05, 4.69) is 39.7 Å². The largest absolute Gasteiger partial charge is 0.316 e. The molecule has 3 aromatic rings. The molecule has 4 heteroatoms. The highest BCUT2D eigenvalue weighted by Gasteiger charge is 2.09. The van der Waals surface area contributed by atoms with Crippen LogP contribution in [-0.2, 0) is 6.54 Å². The Hall–Kier alpha value is -1.23. The Balaban J connectivity index is 2.22. The van der Waals surface area contributed by atoms with Crippen LogP contribution in [0.15, 0.2) is 34.3 Å². The average Bonchev–Trinajstić information content (AvgIpc) is 2.98. The lowest BCUT2D eigenvalue weighted by Crippen LogP contribution is -2.07. The predicted octanol–water partition coefficient (Wildman–Crippen LogP) is 3.74. The van der Waals surface area contributed by atoms with Crippen LogP contribution in [0.4, 0.5) is 0 Å². The van der Waals surface area contributed by atoms with Crippen LogP contribution in [0.25, 0.3) is 21.5 Å². The molecule has 0 aliphatic heterocycles. The van der Waals surface area contributed by atoms with E-state index in [4.69, 9.17) is 4.98 Å². The lowest BCUT2D eigenvalue weighted by atomic mass is 10.1. The number of pyridine rings is 1. The van der Waals surface area contributed by atoms with E-state index in [1.807, 2.05) is 7.05 Å². The number of nitrogens with one attached hydrogen (secondary N) is 1. The quantitative estimate of drug-likeness (QED) is 0.776. The van der Waals surface area contributed by atoms with Gasteiger partial charge in [0.05, 0.1) is 15.9 Å². The van der Waals surface area contributed by atoms with Gasteiger partial charge < -0.3 is 5.32 Å². The monoisotopic (exact) mass is 260 g/mol. The number of aromatic nitrogens is 1. The van der Waals surface area contributed by atoms with Gasteiger partial charge in [0.15, 0.2) is 0 Å². The van der Waals surface area contributed by atoms with Gasteiger partial charge in [-0.1, -0.05) is 0 Å². The molecule has 17 heavy (non-hydrogen) atoms. The van der Waals surface area contributed by atoms with Crippen LogP contribution in [0.3, 0.4) is 0 Å². The summed E-state index contributed by atoms with van der Waals surface area (Å²) in [5.74, 6) is 0. The van der Waals surface area contributed by atoms with Crippen molar-refractivity contribution in [1.29, 1.82) is 0 Å². The molecule has 0 saturated carbocycles. The maximum absolute atomic E-state index is 4.77. The molecule has 3 aromatic heterocycles.